The second-order valence-corrected chi connectivity index (χ2v) is 12.6. The van der Waals surface area contributed by atoms with Crippen molar-refractivity contribution in [1.29, 1.82) is 0 Å². The largest absolute Gasteiger partial charge is 0.507 e. The number of rotatable bonds is 10. The number of aryl methyl sites for hydroxylation is 1. The molecule has 11 heteroatoms. The van der Waals surface area contributed by atoms with Crippen LogP contribution >= 0.6 is 23.1 Å². The normalized spacial score (nSPS) is 15.7. The molecule has 1 N–H and O–H groups in total. The first-order valence-electron chi connectivity index (χ1n) is 14.3. The zero-order valence-electron chi connectivity index (χ0n) is 24.8. The van der Waals surface area contributed by atoms with Crippen molar-refractivity contribution in [3.63, 3.8) is 0 Å². The molecule has 1 aliphatic heterocycles. The van der Waals surface area contributed by atoms with E-state index in [-0.39, 0.29) is 22.3 Å². The van der Waals surface area contributed by atoms with Crippen molar-refractivity contribution >= 4 is 45.7 Å². The van der Waals surface area contributed by atoms with Crippen molar-refractivity contribution in [3.05, 3.63) is 136 Å². The predicted molar refractivity (Wildman–Crippen MR) is 176 cm³/mol. The van der Waals surface area contributed by atoms with Crippen LogP contribution in [0.3, 0.4) is 0 Å². The highest BCUT2D eigenvalue weighted by atomic mass is 32.2. The van der Waals surface area contributed by atoms with Crippen molar-refractivity contribution in [2.75, 3.05) is 12.0 Å². The van der Waals surface area contributed by atoms with E-state index in [1.807, 2.05) is 31.2 Å². The van der Waals surface area contributed by atoms with Crippen molar-refractivity contribution in [3.8, 4) is 11.5 Å². The Morgan fingerprint density at radius 2 is 1.72 bits per heavy atom. The second kappa shape index (κ2) is 13.6. The predicted octanol–water partition coefficient (Wildman–Crippen LogP) is 7.49. The van der Waals surface area contributed by atoms with Crippen LogP contribution in [0, 0.1) is 12.7 Å². The molecule has 4 aromatic carbocycles. The van der Waals surface area contributed by atoms with E-state index in [1.54, 1.807) is 60.7 Å². The summed E-state index contributed by atoms with van der Waals surface area (Å²) < 4.78 is 25.2. The van der Waals surface area contributed by atoms with Crippen molar-refractivity contribution < 1.29 is 28.6 Å². The van der Waals surface area contributed by atoms with Gasteiger partial charge in [-0.1, -0.05) is 71.6 Å². The van der Waals surface area contributed by atoms with Gasteiger partial charge < -0.3 is 14.6 Å². The van der Waals surface area contributed by atoms with Gasteiger partial charge in [0.25, 0.3) is 5.78 Å². The zero-order chi connectivity index (χ0) is 32.2. The maximum absolute atomic E-state index is 13.6. The average molecular weight is 654 g/mol. The highest BCUT2D eigenvalue weighted by molar-refractivity contribution is 8.00. The summed E-state index contributed by atoms with van der Waals surface area (Å²) in [6.07, 6.45) is 0. The lowest BCUT2D eigenvalue weighted by Gasteiger charge is -2.23. The van der Waals surface area contributed by atoms with Gasteiger partial charge in [0.05, 0.1) is 18.7 Å². The number of aliphatic hydroxyl groups excluding tert-OH is 1. The minimum Gasteiger partial charge on any atom is -0.507 e. The molecule has 0 radical (unpaired) electrons. The third kappa shape index (κ3) is 6.51. The number of carbonyl (C=O) groups excluding carboxylic acids is 2. The Bertz CT molecular complexity index is 1930. The van der Waals surface area contributed by atoms with Crippen molar-refractivity contribution in [2.24, 2.45) is 0 Å². The Hall–Kier alpha value is -5.00. The summed E-state index contributed by atoms with van der Waals surface area (Å²) in [6, 6.07) is 26.8. The van der Waals surface area contributed by atoms with Gasteiger partial charge in [0.1, 0.15) is 29.7 Å². The smallest absolute Gasteiger partial charge is 0.301 e. The third-order valence-corrected chi connectivity index (χ3v) is 9.64. The SMILES string of the molecule is COc1cccc(C2C(=C(O)c3ccc(OCc4ccccc4C)cc3)C(=O)C(=O)N2c2nnc(SCc3ccc(F)cc3)s2)c1. The van der Waals surface area contributed by atoms with Gasteiger partial charge in [-0.3, -0.25) is 14.5 Å². The molecule has 0 spiro atoms. The second-order valence-electron chi connectivity index (χ2n) is 10.5. The molecule has 1 aromatic heterocycles. The fourth-order valence-electron chi connectivity index (χ4n) is 5.04. The maximum Gasteiger partial charge on any atom is 0.301 e. The quantitative estimate of drug-likeness (QED) is 0.0544. The number of anilines is 1. The number of amides is 1. The highest BCUT2D eigenvalue weighted by Gasteiger charge is 2.48. The number of ketones is 1. The lowest BCUT2D eigenvalue weighted by Crippen LogP contribution is -2.29. The van der Waals surface area contributed by atoms with Gasteiger partial charge in [-0.25, -0.2) is 4.39 Å². The molecule has 1 amide bonds. The van der Waals surface area contributed by atoms with E-state index in [2.05, 4.69) is 10.2 Å². The van der Waals surface area contributed by atoms with E-state index in [0.717, 1.165) is 28.0 Å². The lowest BCUT2D eigenvalue weighted by atomic mass is 9.95. The molecule has 6 rings (SSSR count). The average Bonchev–Trinajstić information content (AvgIpc) is 3.65. The number of carbonyl (C=O) groups is 2. The number of ether oxygens (including phenoxy) is 2. The molecular formula is C35H28FN3O5S2. The van der Waals surface area contributed by atoms with Gasteiger partial charge >= 0.3 is 5.91 Å². The van der Waals surface area contributed by atoms with Gasteiger partial charge in [-0.2, -0.15) is 0 Å². The summed E-state index contributed by atoms with van der Waals surface area (Å²) >= 11 is 2.53. The fraction of sp³-hybridized carbons (Fsp3) is 0.143. The first-order valence-corrected chi connectivity index (χ1v) is 16.1. The van der Waals surface area contributed by atoms with Crippen LogP contribution in [-0.4, -0.2) is 34.1 Å². The van der Waals surface area contributed by atoms with E-state index in [0.29, 0.717) is 39.3 Å². The zero-order valence-corrected chi connectivity index (χ0v) is 26.5. The van der Waals surface area contributed by atoms with Crippen molar-refractivity contribution in [2.45, 2.75) is 29.7 Å². The number of aromatic nitrogens is 2. The Labute approximate surface area is 273 Å². The number of benzene rings is 4. The van der Waals surface area contributed by atoms with Crippen LogP contribution in [0.5, 0.6) is 11.5 Å². The van der Waals surface area contributed by atoms with Gasteiger partial charge in [-0.15, -0.1) is 10.2 Å². The van der Waals surface area contributed by atoms with E-state index in [9.17, 15) is 19.1 Å². The third-order valence-electron chi connectivity index (χ3n) is 7.51. The number of thioether (sulfide) groups is 1. The molecular weight excluding hydrogens is 626 g/mol. The number of aliphatic hydroxyl groups is 1. The summed E-state index contributed by atoms with van der Waals surface area (Å²) in [6.45, 7) is 2.40. The van der Waals surface area contributed by atoms with E-state index < -0.39 is 17.7 Å². The van der Waals surface area contributed by atoms with Crippen LogP contribution in [0.25, 0.3) is 5.76 Å². The van der Waals surface area contributed by atoms with Crippen LogP contribution in [0.4, 0.5) is 9.52 Å². The van der Waals surface area contributed by atoms with Gasteiger partial charge in [0.15, 0.2) is 4.34 Å². The molecule has 0 aliphatic carbocycles. The topological polar surface area (TPSA) is 102 Å². The van der Waals surface area contributed by atoms with Gasteiger partial charge in [0, 0.05) is 11.3 Å². The Morgan fingerprint density at radius 3 is 2.46 bits per heavy atom. The number of methoxy groups -OCH3 is 1. The molecule has 0 saturated carbocycles. The van der Waals surface area contributed by atoms with E-state index >= 15 is 0 Å². The molecule has 2 heterocycles. The molecule has 1 unspecified atom stereocenters. The Kier molecular flexibility index (Phi) is 9.13. The molecule has 1 saturated heterocycles. The summed E-state index contributed by atoms with van der Waals surface area (Å²) in [5.74, 6) is -0.704. The van der Waals surface area contributed by atoms with Crippen LogP contribution in [0.1, 0.15) is 33.9 Å². The first kappa shape index (κ1) is 31.0. The molecule has 1 aliphatic rings. The Morgan fingerprint density at radius 1 is 0.957 bits per heavy atom. The number of Topliss-reactive ketones (excluding diaryl/α,β-unsaturated/α-hetero) is 1. The first-order chi connectivity index (χ1) is 22.3. The lowest BCUT2D eigenvalue weighted by molar-refractivity contribution is -0.132. The molecule has 5 aromatic rings. The molecule has 232 valence electrons. The number of nitrogens with zero attached hydrogens (tertiary/aromatic N) is 3. The minimum atomic E-state index is -0.991. The summed E-state index contributed by atoms with van der Waals surface area (Å²) in [7, 11) is 1.52. The van der Waals surface area contributed by atoms with Gasteiger partial charge in [-0.05, 0) is 77.7 Å². The standard InChI is InChI=1S/C35H28FN3O5S2/c1-21-6-3-4-7-25(21)19-44-27-16-12-23(13-17-27)31(40)29-30(24-8-5-9-28(18-24)43-2)39(33(42)32(29)41)34-37-38-35(46-34)45-20-22-10-14-26(36)15-11-22/h3-18,30,40H,19-20H2,1-2H3. The van der Waals surface area contributed by atoms with Crippen LogP contribution < -0.4 is 14.4 Å². The molecule has 1 fully saturated rings. The van der Waals surface area contributed by atoms with Crippen LogP contribution in [0.15, 0.2) is 107 Å². The molecule has 8 nitrogen and oxygen atoms in total. The molecule has 1 atom stereocenters. The molecule has 0 bridgehead atoms. The number of hydrogen-bond donors (Lipinski definition) is 1. The Balaban J connectivity index is 1.31. The molecule has 46 heavy (non-hydrogen) atoms. The maximum atomic E-state index is 13.6. The number of hydrogen-bond acceptors (Lipinski definition) is 9. The van der Waals surface area contributed by atoms with Crippen LogP contribution in [-0.2, 0) is 21.9 Å². The monoisotopic (exact) mass is 653 g/mol. The minimum absolute atomic E-state index is 0.0810. The summed E-state index contributed by atoms with van der Waals surface area (Å²) in [4.78, 5) is 28.5. The summed E-state index contributed by atoms with van der Waals surface area (Å²) in [5, 5.41) is 20.2. The van der Waals surface area contributed by atoms with E-state index in [1.165, 1.54) is 35.9 Å². The van der Waals surface area contributed by atoms with Crippen molar-refractivity contribution in [1.82, 2.24) is 10.2 Å². The highest BCUT2D eigenvalue weighted by Crippen LogP contribution is 2.44. The van der Waals surface area contributed by atoms with E-state index in [4.69, 9.17) is 9.47 Å². The van der Waals surface area contributed by atoms with Gasteiger partial charge in [0.2, 0.25) is 5.13 Å². The fourth-order valence-corrected chi connectivity index (χ4v) is 6.86. The van der Waals surface area contributed by atoms with Crippen LogP contribution in [0.2, 0.25) is 0 Å². The number of halogens is 1. The summed E-state index contributed by atoms with van der Waals surface area (Å²) in [5.41, 5.74) is 3.89.